The Labute approximate surface area is 117 Å². The average molecular weight is 355 g/mol. The number of carbonyl (C=O) groups excluding carboxylic acids is 1. The molecule has 0 aliphatic carbocycles. The first-order chi connectivity index (χ1) is 8.56. The first kappa shape index (κ1) is 12.7. The Morgan fingerprint density at radius 2 is 1.72 bits per heavy atom. The van der Waals surface area contributed by atoms with Crippen molar-refractivity contribution in [1.29, 1.82) is 0 Å². The Balaban J connectivity index is 2.21. The largest absolute Gasteiger partial charge is 0.508 e. The molecule has 2 aromatic carbocycles. The van der Waals surface area contributed by atoms with Crippen LogP contribution in [-0.4, -0.2) is 16.1 Å². The van der Waals surface area contributed by atoms with Crippen molar-refractivity contribution in [2.75, 3.05) is 5.32 Å². The molecule has 0 unspecified atom stereocenters. The summed E-state index contributed by atoms with van der Waals surface area (Å²) in [4.78, 5) is 11.9. The van der Waals surface area contributed by atoms with Gasteiger partial charge in [-0.3, -0.25) is 4.79 Å². The summed E-state index contributed by atoms with van der Waals surface area (Å²) in [6.45, 7) is 0. The zero-order valence-corrected chi connectivity index (χ0v) is 11.4. The van der Waals surface area contributed by atoms with E-state index in [0.29, 0.717) is 5.69 Å². The summed E-state index contributed by atoms with van der Waals surface area (Å²) in [5.41, 5.74) is 0.664. The molecule has 0 saturated heterocycles. The highest BCUT2D eigenvalue weighted by atomic mass is 127. The third-order valence-electron chi connectivity index (χ3n) is 2.33. The predicted octanol–water partition coefficient (Wildman–Crippen LogP) is 2.95. The molecule has 5 heteroatoms. The molecule has 0 fully saturated rings. The molecule has 0 heterocycles. The van der Waals surface area contributed by atoms with Gasteiger partial charge in [-0.2, -0.15) is 0 Å². The topological polar surface area (TPSA) is 69.6 Å². The molecule has 0 aliphatic heterocycles. The van der Waals surface area contributed by atoms with Crippen molar-refractivity contribution in [1.82, 2.24) is 0 Å². The minimum atomic E-state index is -0.468. The first-order valence-corrected chi connectivity index (χ1v) is 6.23. The van der Waals surface area contributed by atoms with Gasteiger partial charge in [0.25, 0.3) is 5.91 Å². The second-order valence-electron chi connectivity index (χ2n) is 3.66. The van der Waals surface area contributed by atoms with E-state index in [-0.39, 0.29) is 17.1 Å². The molecule has 0 atom stereocenters. The summed E-state index contributed by atoms with van der Waals surface area (Å²) in [5.74, 6) is -0.707. The second-order valence-corrected chi connectivity index (χ2v) is 4.91. The first-order valence-electron chi connectivity index (χ1n) is 5.15. The van der Waals surface area contributed by atoms with Gasteiger partial charge in [0.1, 0.15) is 11.5 Å². The van der Waals surface area contributed by atoms with Crippen molar-refractivity contribution < 1.29 is 15.0 Å². The summed E-state index contributed by atoms with van der Waals surface area (Å²) >= 11 is 2.17. The summed E-state index contributed by atoms with van der Waals surface area (Å²) in [5, 5.41) is 21.5. The van der Waals surface area contributed by atoms with E-state index in [9.17, 15) is 15.0 Å². The molecule has 3 N–H and O–H groups in total. The Morgan fingerprint density at radius 1 is 1.06 bits per heavy atom. The number of anilines is 1. The van der Waals surface area contributed by atoms with Gasteiger partial charge < -0.3 is 15.5 Å². The molecule has 0 aliphatic rings. The number of phenolic OH excluding ortho intramolecular Hbond substituents is 2. The van der Waals surface area contributed by atoms with Gasteiger partial charge in [0.15, 0.2) is 0 Å². The SMILES string of the molecule is O=C(Nc1ccc(I)cc1)c1cc(O)ccc1O. The standard InChI is InChI=1S/C13H10INO3/c14-8-1-3-9(4-2-8)15-13(18)11-7-10(16)5-6-12(11)17/h1-7,16-17H,(H,15,18). The van der Waals surface area contributed by atoms with E-state index in [1.807, 2.05) is 12.1 Å². The smallest absolute Gasteiger partial charge is 0.259 e. The van der Waals surface area contributed by atoms with Crippen LogP contribution in [0.2, 0.25) is 0 Å². The van der Waals surface area contributed by atoms with Crippen molar-refractivity contribution in [3.05, 3.63) is 51.6 Å². The van der Waals surface area contributed by atoms with Crippen LogP contribution in [0.5, 0.6) is 11.5 Å². The molecular weight excluding hydrogens is 345 g/mol. The maximum absolute atomic E-state index is 11.9. The van der Waals surface area contributed by atoms with Crippen LogP contribution in [0, 0.1) is 3.57 Å². The van der Waals surface area contributed by atoms with Crippen molar-refractivity contribution in [2.24, 2.45) is 0 Å². The zero-order valence-electron chi connectivity index (χ0n) is 9.22. The van der Waals surface area contributed by atoms with E-state index < -0.39 is 5.91 Å². The molecule has 4 nitrogen and oxygen atoms in total. The average Bonchev–Trinajstić information content (AvgIpc) is 2.35. The van der Waals surface area contributed by atoms with Crippen LogP contribution in [0.1, 0.15) is 10.4 Å². The van der Waals surface area contributed by atoms with Gasteiger partial charge in [0.05, 0.1) is 5.56 Å². The fourth-order valence-electron chi connectivity index (χ4n) is 1.44. The van der Waals surface area contributed by atoms with Crippen molar-refractivity contribution in [3.63, 3.8) is 0 Å². The minimum absolute atomic E-state index is 0.0357. The number of phenols is 2. The molecule has 0 spiro atoms. The Morgan fingerprint density at radius 3 is 2.39 bits per heavy atom. The fourth-order valence-corrected chi connectivity index (χ4v) is 1.80. The molecular formula is C13H10INO3. The third-order valence-corrected chi connectivity index (χ3v) is 3.05. The Bertz CT molecular complexity index is 581. The van der Waals surface area contributed by atoms with Crippen LogP contribution >= 0.6 is 22.6 Å². The van der Waals surface area contributed by atoms with Gasteiger partial charge in [0.2, 0.25) is 0 Å². The van der Waals surface area contributed by atoms with Gasteiger partial charge in [-0.15, -0.1) is 0 Å². The van der Waals surface area contributed by atoms with Crippen LogP contribution in [0.4, 0.5) is 5.69 Å². The van der Waals surface area contributed by atoms with E-state index in [1.165, 1.54) is 18.2 Å². The predicted molar refractivity (Wildman–Crippen MR) is 76.9 cm³/mol. The van der Waals surface area contributed by atoms with E-state index >= 15 is 0 Å². The van der Waals surface area contributed by atoms with Gasteiger partial charge in [-0.1, -0.05) is 0 Å². The molecule has 2 rings (SSSR count). The number of benzene rings is 2. The maximum atomic E-state index is 11.9. The third kappa shape index (κ3) is 2.92. The number of carbonyl (C=O) groups is 1. The molecule has 0 saturated carbocycles. The number of hydrogen-bond acceptors (Lipinski definition) is 3. The maximum Gasteiger partial charge on any atom is 0.259 e. The summed E-state index contributed by atoms with van der Waals surface area (Å²) in [7, 11) is 0. The van der Waals surface area contributed by atoms with Crippen molar-refractivity contribution in [3.8, 4) is 11.5 Å². The lowest BCUT2D eigenvalue weighted by Crippen LogP contribution is -2.11. The molecule has 1 amide bonds. The zero-order chi connectivity index (χ0) is 13.1. The summed E-state index contributed by atoms with van der Waals surface area (Å²) < 4.78 is 1.06. The lowest BCUT2D eigenvalue weighted by Gasteiger charge is -2.07. The summed E-state index contributed by atoms with van der Waals surface area (Å²) in [6, 6.07) is 11.1. The summed E-state index contributed by atoms with van der Waals surface area (Å²) in [6.07, 6.45) is 0. The minimum Gasteiger partial charge on any atom is -0.508 e. The lowest BCUT2D eigenvalue weighted by molar-refractivity contribution is 0.102. The monoisotopic (exact) mass is 355 g/mol. The quantitative estimate of drug-likeness (QED) is 0.573. The molecule has 92 valence electrons. The highest BCUT2D eigenvalue weighted by Crippen LogP contribution is 2.23. The number of hydrogen-bond donors (Lipinski definition) is 3. The number of rotatable bonds is 2. The van der Waals surface area contributed by atoms with Crippen LogP contribution in [0.3, 0.4) is 0 Å². The van der Waals surface area contributed by atoms with Crippen LogP contribution < -0.4 is 5.32 Å². The van der Waals surface area contributed by atoms with E-state index in [1.54, 1.807) is 12.1 Å². The molecule has 0 radical (unpaired) electrons. The Hall–Kier alpha value is -1.76. The molecule has 0 bridgehead atoms. The van der Waals surface area contributed by atoms with Gasteiger partial charge in [-0.25, -0.2) is 0 Å². The molecule has 0 aromatic heterocycles. The van der Waals surface area contributed by atoms with Crippen LogP contribution in [-0.2, 0) is 0 Å². The molecule has 2 aromatic rings. The number of amides is 1. The number of aromatic hydroxyl groups is 2. The highest BCUT2D eigenvalue weighted by Gasteiger charge is 2.12. The number of halogens is 1. The van der Waals surface area contributed by atoms with Crippen LogP contribution in [0.15, 0.2) is 42.5 Å². The van der Waals surface area contributed by atoms with Crippen molar-refractivity contribution in [2.45, 2.75) is 0 Å². The van der Waals surface area contributed by atoms with E-state index in [0.717, 1.165) is 3.57 Å². The highest BCUT2D eigenvalue weighted by molar-refractivity contribution is 14.1. The lowest BCUT2D eigenvalue weighted by atomic mass is 10.1. The van der Waals surface area contributed by atoms with E-state index in [2.05, 4.69) is 27.9 Å². The Kier molecular flexibility index (Phi) is 3.71. The van der Waals surface area contributed by atoms with Gasteiger partial charge in [0, 0.05) is 9.26 Å². The van der Waals surface area contributed by atoms with Crippen molar-refractivity contribution >= 4 is 34.2 Å². The van der Waals surface area contributed by atoms with Crippen LogP contribution in [0.25, 0.3) is 0 Å². The van der Waals surface area contributed by atoms with E-state index in [4.69, 9.17) is 0 Å². The normalized spacial score (nSPS) is 10.1. The van der Waals surface area contributed by atoms with Gasteiger partial charge >= 0.3 is 0 Å². The van der Waals surface area contributed by atoms with Gasteiger partial charge in [-0.05, 0) is 65.1 Å². The molecule has 18 heavy (non-hydrogen) atoms. The second kappa shape index (κ2) is 5.26. The fraction of sp³-hybridized carbons (Fsp3) is 0. The number of nitrogens with one attached hydrogen (secondary N) is 1.